The molecule has 0 aliphatic heterocycles. The van der Waals surface area contributed by atoms with Gasteiger partial charge in [0.05, 0.1) is 28.8 Å². The molecule has 0 spiro atoms. The van der Waals surface area contributed by atoms with Crippen LogP contribution in [0.1, 0.15) is 11.3 Å². The van der Waals surface area contributed by atoms with Crippen molar-refractivity contribution in [2.45, 2.75) is 12.6 Å². The molecule has 0 unspecified atom stereocenters. The standard InChI is InChI=1S/C14H8ClF3N2/c15-11-7-12(13(5-6-19)20-8-11)9-1-3-10(4-2-9)14(16,17)18/h1-4,7-8H,5H2. The van der Waals surface area contributed by atoms with Crippen LogP contribution in [0.2, 0.25) is 5.02 Å². The molecule has 0 atom stereocenters. The van der Waals surface area contributed by atoms with Crippen molar-refractivity contribution in [3.8, 4) is 17.2 Å². The zero-order valence-corrected chi connectivity index (χ0v) is 10.8. The van der Waals surface area contributed by atoms with Gasteiger partial charge in [-0.2, -0.15) is 18.4 Å². The molecular formula is C14H8ClF3N2. The third-order valence-corrected chi connectivity index (χ3v) is 2.91. The van der Waals surface area contributed by atoms with Crippen molar-refractivity contribution in [2.24, 2.45) is 0 Å². The molecule has 0 N–H and O–H groups in total. The lowest BCUT2D eigenvalue weighted by Crippen LogP contribution is -2.04. The van der Waals surface area contributed by atoms with Crippen molar-refractivity contribution in [3.63, 3.8) is 0 Å². The summed E-state index contributed by atoms with van der Waals surface area (Å²) in [5.74, 6) is 0. The average Bonchev–Trinajstić information content (AvgIpc) is 2.40. The highest BCUT2D eigenvalue weighted by Gasteiger charge is 2.30. The number of nitrogens with zero attached hydrogens (tertiary/aromatic N) is 2. The van der Waals surface area contributed by atoms with E-state index < -0.39 is 11.7 Å². The van der Waals surface area contributed by atoms with Crippen LogP contribution in [-0.2, 0) is 12.6 Å². The normalized spacial score (nSPS) is 11.2. The first-order valence-corrected chi connectivity index (χ1v) is 5.98. The molecule has 1 aromatic carbocycles. The van der Waals surface area contributed by atoms with Gasteiger partial charge in [-0.1, -0.05) is 23.7 Å². The SMILES string of the molecule is N#CCc1ncc(Cl)cc1-c1ccc(C(F)(F)F)cc1. The van der Waals surface area contributed by atoms with Gasteiger partial charge in [0, 0.05) is 11.8 Å². The first-order chi connectivity index (χ1) is 9.41. The monoisotopic (exact) mass is 296 g/mol. The van der Waals surface area contributed by atoms with Crippen LogP contribution in [-0.4, -0.2) is 4.98 Å². The van der Waals surface area contributed by atoms with Crippen molar-refractivity contribution >= 4 is 11.6 Å². The van der Waals surface area contributed by atoms with Crippen LogP contribution in [0, 0.1) is 11.3 Å². The number of aromatic nitrogens is 1. The van der Waals surface area contributed by atoms with Crippen molar-refractivity contribution < 1.29 is 13.2 Å². The molecule has 0 fully saturated rings. The fourth-order valence-corrected chi connectivity index (χ4v) is 1.93. The summed E-state index contributed by atoms with van der Waals surface area (Å²) in [6.07, 6.45) is -2.91. The van der Waals surface area contributed by atoms with Gasteiger partial charge in [0.1, 0.15) is 0 Å². The maximum Gasteiger partial charge on any atom is 0.416 e. The zero-order chi connectivity index (χ0) is 14.8. The molecule has 2 aromatic rings. The smallest absolute Gasteiger partial charge is 0.258 e. The van der Waals surface area contributed by atoms with Crippen molar-refractivity contribution in [1.82, 2.24) is 4.98 Å². The molecule has 0 saturated heterocycles. The molecule has 0 bridgehead atoms. The Morgan fingerprint density at radius 3 is 2.40 bits per heavy atom. The molecule has 0 amide bonds. The van der Waals surface area contributed by atoms with E-state index in [1.807, 2.05) is 6.07 Å². The van der Waals surface area contributed by atoms with E-state index in [0.717, 1.165) is 12.1 Å². The molecule has 0 radical (unpaired) electrons. The topological polar surface area (TPSA) is 36.7 Å². The molecule has 0 aliphatic rings. The Labute approximate surface area is 118 Å². The minimum Gasteiger partial charge on any atom is -0.258 e. The van der Waals surface area contributed by atoms with Crippen LogP contribution in [0.15, 0.2) is 36.5 Å². The maximum atomic E-state index is 12.5. The number of halogens is 4. The lowest BCUT2D eigenvalue weighted by Gasteiger charge is -2.10. The number of hydrogen-bond donors (Lipinski definition) is 0. The highest BCUT2D eigenvalue weighted by Crippen LogP contribution is 2.32. The van der Waals surface area contributed by atoms with E-state index in [1.165, 1.54) is 18.3 Å². The number of benzene rings is 1. The van der Waals surface area contributed by atoms with Gasteiger partial charge in [-0.25, -0.2) is 0 Å². The van der Waals surface area contributed by atoms with Crippen molar-refractivity contribution in [3.05, 3.63) is 52.8 Å². The van der Waals surface area contributed by atoms with E-state index in [2.05, 4.69) is 4.98 Å². The molecule has 0 aliphatic carbocycles. The Hall–Kier alpha value is -2.06. The predicted molar refractivity (Wildman–Crippen MR) is 69.0 cm³/mol. The largest absolute Gasteiger partial charge is 0.416 e. The Kier molecular flexibility index (Phi) is 3.96. The number of alkyl halides is 3. The number of pyridine rings is 1. The molecular weight excluding hydrogens is 289 g/mol. The van der Waals surface area contributed by atoms with Gasteiger partial charge in [-0.3, -0.25) is 4.98 Å². The van der Waals surface area contributed by atoms with E-state index in [4.69, 9.17) is 16.9 Å². The molecule has 1 heterocycles. The summed E-state index contributed by atoms with van der Waals surface area (Å²) in [5, 5.41) is 9.10. The van der Waals surface area contributed by atoms with E-state index >= 15 is 0 Å². The maximum absolute atomic E-state index is 12.5. The summed E-state index contributed by atoms with van der Waals surface area (Å²) in [6.45, 7) is 0. The first kappa shape index (κ1) is 14.4. The van der Waals surface area contributed by atoms with Gasteiger partial charge in [-0.05, 0) is 23.8 Å². The minimum absolute atomic E-state index is 0.0630. The van der Waals surface area contributed by atoms with E-state index in [0.29, 0.717) is 21.8 Å². The Morgan fingerprint density at radius 1 is 1.20 bits per heavy atom. The van der Waals surface area contributed by atoms with Crippen LogP contribution in [0.25, 0.3) is 11.1 Å². The summed E-state index contributed by atoms with van der Waals surface area (Å²) in [6, 6.07) is 8.22. The van der Waals surface area contributed by atoms with Gasteiger partial charge < -0.3 is 0 Å². The molecule has 2 rings (SSSR count). The van der Waals surface area contributed by atoms with Gasteiger partial charge in [-0.15, -0.1) is 0 Å². The van der Waals surface area contributed by atoms with Crippen LogP contribution >= 0.6 is 11.6 Å². The second kappa shape index (κ2) is 5.51. The van der Waals surface area contributed by atoms with E-state index in [9.17, 15) is 13.2 Å². The summed E-state index contributed by atoms with van der Waals surface area (Å²) in [7, 11) is 0. The molecule has 1 aromatic heterocycles. The highest BCUT2D eigenvalue weighted by atomic mass is 35.5. The molecule has 6 heteroatoms. The number of rotatable bonds is 2. The minimum atomic E-state index is -4.37. The average molecular weight is 297 g/mol. The van der Waals surface area contributed by atoms with Crippen LogP contribution in [0.4, 0.5) is 13.2 Å². The van der Waals surface area contributed by atoms with Gasteiger partial charge in [0.2, 0.25) is 0 Å². The van der Waals surface area contributed by atoms with Crippen LogP contribution < -0.4 is 0 Å². The van der Waals surface area contributed by atoms with Gasteiger partial charge >= 0.3 is 6.18 Å². The Balaban J connectivity index is 2.46. The van der Waals surface area contributed by atoms with Gasteiger partial charge in [0.25, 0.3) is 0 Å². The summed E-state index contributed by atoms with van der Waals surface area (Å²) in [4.78, 5) is 4.04. The lowest BCUT2D eigenvalue weighted by molar-refractivity contribution is -0.137. The number of hydrogen-bond acceptors (Lipinski definition) is 2. The van der Waals surface area contributed by atoms with E-state index in [1.54, 1.807) is 6.07 Å². The van der Waals surface area contributed by atoms with E-state index in [-0.39, 0.29) is 6.42 Å². The second-order valence-corrected chi connectivity index (χ2v) is 4.49. The fourth-order valence-electron chi connectivity index (χ4n) is 1.77. The quantitative estimate of drug-likeness (QED) is 0.819. The lowest BCUT2D eigenvalue weighted by atomic mass is 10.0. The number of nitriles is 1. The third-order valence-electron chi connectivity index (χ3n) is 2.71. The van der Waals surface area contributed by atoms with Crippen LogP contribution in [0.5, 0.6) is 0 Å². The summed E-state index contributed by atoms with van der Waals surface area (Å²) < 4.78 is 37.5. The molecule has 0 saturated carbocycles. The van der Waals surface area contributed by atoms with Crippen molar-refractivity contribution in [1.29, 1.82) is 5.26 Å². The molecule has 102 valence electrons. The molecule has 20 heavy (non-hydrogen) atoms. The van der Waals surface area contributed by atoms with Crippen molar-refractivity contribution in [2.75, 3.05) is 0 Å². The predicted octanol–water partition coefficient (Wildman–Crippen LogP) is 4.49. The summed E-state index contributed by atoms with van der Waals surface area (Å²) >= 11 is 5.85. The fraction of sp³-hybridized carbons (Fsp3) is 0.143. The third kappa shape index (κ3) is 3.09. The Bertz CT molecular complexity index is 658. The second-order valence-electron chi connectivity index (χ2n) is 4.06. The van der Waals surface area contributed by atoms with Crippen LogP contribution in [0.3, 0.4) is 0 Å². The molecule has 2 nitrogen and oxygen atoms in total. The zero-order valence-electron chi connectivity index (χ0n) is 10.1. The van der Waals surface area contributed by atoms with Gasteiger partial charge in [0.15, 0.2) is 0 Å². The first-order valence-electron chi connectivity index (χ1n) is 5.61. The summed E-state index contributed by atoms with van der Waals surface area (Å²) in [5.41, 5.74) is 0.862. The highest BCUT2D eigenvalue weighted by molar-refractivity contribution is 6.30. The Morgan fingerprint density at radius 2 is 1.85 bits per heavy atom.